The molecule has 1 aromatic rings. The second kappa shape index (κ2) is 3.90. The standard InChI is InChI=1S/C12H12F3NO2/c1-18-10(17)11(4-5-11)8-3-2-7(6-9(8)16)12(13,14)15/h2-3,6H,4-5,16H2,1H3. The van der Waals surface area contributed by atoms with E-state index in [0.29, 0.717) is 18.4 Å². The summed E-state index contributed by atoms with van der Waals surface area (Å²) in [6.45, 7) is 0. The van der Waals surface area contributed by atoms with Crippen LogP contribution in [-0.2, 0) is 21.1 Å². The summed E-state index contributed by atoms with van der Waals surface area (Å²) < 4.78 is 42.1. The van der Waals surface area contributed by atoms with Crippen LogP contribution in [0.5, 0.6) is 0 Å². The zero-order valence-electron chi connectivity index (χ0n) is 9.67. The van der Waals surface area contributed by atoms with Crippen molar-refractivity contribution in [1.82, 2.24) is 0 Å². The van der Waals surface area contributed by atoms with Gasteiger partial charge in [0.05, 0.1) is 18.1 Å². The van der Waals surface area contributed by atoms with Crippen LogP contribution in [0.4, 0.5) is 18.9 Å². The van der Waals surface area contributed by atoms with E-state index in [9.17, 15) is 18.0 Å². The zero-order valence-corrected chi connectivity index (χ0v) is 9.67. The van der Waals surface area contributed by atoms with Crippen molar-refractivity contribution in [3.8, 4) is 0 Å². The maximum absolute atomic E-state index is 12.5. The zero-order chi connectivity index (χ0) is 13.6. The fourth-order valence-electron chi connectivity index (χ4n) is 2.08. The minimum Gasteiger partial charge on any atom is -0.468 e. The Morgan fingerprint density at radius 2 is 2.00 bits per heavy atom. The van der Waals surface area contributed by atoms with Crippen molar-refractivity contribution in [2.24, 2.45) is 0 Å². The molecule has 0 spiro atoms. The van der Waals surface area contributed by atoms with Gasteiger partial charge in [-0.25, -0.2) is 0 Å². The number of esters is 1. The van der Waals surface area contributed by atoms with Crippen molar-refractivity contribution in [1.29, 1.82) is 0 Å². The Morgan fingerprint density at radius 3 is 2.39 bits per heavy atom. The fraction of sp³-hybridized carbons (Fsp3) is 0.417. The van der Waals surface area contributed by atoms with Crippen molar-refractivity contribution in [3.63, 3.8) is 0 Å². The molecule has 0 atom stereocenters. The summed E-state index contributed by atoms with van der Waals surface area (Å²) in [6, 6.07) is 3.06. The third kappa shape index (κ3) is 1.91. The number of nitrogens with two attached hydrogens (primary N) is 1. The Bertz CT molecular complexity index is 493. The first-order valence-electron chi connectivity index (χ1n) is 5.37. The topological polar surface area (TPSA) is 52.3 Å². The fourth-order valence-corrected chi connectivity index (χ4v) is 2.08. The predicted octanol–water partition coefficient (Wildman–Crippen LogP) is 2.49. The smallest absolute Gasteiger partial charge is 0.416 e. The molecule has 0 unspecified atom stereocenters. The Labute approximate surface area is 102 Å². The third-order valence-corrected chi connectivity index (χ3v) is 3.22. The Kier molecular flexibility index (Phi) is 2.76. The average Bonchev–Trinajstić information content (AvgIpc) is 3.08. The van der Waals surface area contributed by atoms with Crippen molar-refractivity contribution < 1.29 is 22.7 Å². The van der Waals surface area contributed by atoms with Crippen LogP contribution in [0, 0.1) is 0 Å². The van der Waals surface area contributed by atoms with Gasteiger partial charge < -0.3 is 10.5 Å². The molecule has 1 aliphatic rings. The number of rotatable bonds is 2. The number of benzene rings is 1. The summed E-state index contributed by atoms with van der Waals surface area (Å²) in [4.78, 5) is 11.6. The molecule has 0 bridgehead atoms. The van der Waals surface area contributed by atoms with E-state index >= 15 is 0 Å². The van der Waals surface area contributed by atoms with E-state index in [4.69, 9.17) is 5.73 Å². The van der Waals surface area contributed by atoms with E-state index in [1.54, 1.807) is 0 Å². The quantitative estimate of drug-likeness (QED) is 0.655. The summed E-state index contributed by atoms with van der Waals surface area (Å²) in [6.07, 6.45) is -3.33. The number of ether oxygens (including phenoxy) is 1. The lowest BCUT2D eigenvalue weighted by molar-refractivity contribution is -0.143. The lowest BCUT2D eigenvalue weighted by Crippen LogP contribution is -2.23. The Hall–Kier alpha value is -1.72. The summed E-state index contributed by atoms with van der Waals surface area (Å²) in [5.74, 6) is -0.450. The lowest BCUT2D eigenvalue weighted by Gasteiger charge is -2.17. The van der Waals surface area contributed by atoms with E-state index in [-0.39, 0.29) is 5.69 Å². The van der Waals surface area contributed by atoms with Crippen molar-refractivity contribution in [3.05, 3.63) is 29.3 Å². The second-order valence-electron chi connectivity index (χ2n) is 4.37. The lowest BCUT2D eigenvalue weighted by atomic mass is 9.93. The average molecular weight is 259 g/mol. The minimum atomic E-state index is -4.44. The van der Waals surface area contributed by atoms with Crippen LogP contribution >= 0.6 is 0 Å². The molecule has 0 heterocycles. The van der Waals surface area contributed by atoms with Crippen molar-refractivity contribution >= 4 is 11.7 Å². The first kappa shape index (κ1) is 12.7. The summed E-state index contributed by atoms with van der Waals surface area (Å²) in [5.41, 5.74) is 4.37. The van der Waals surface area contributed by atoms with Gasteiger partial charge in [0.2, 0.25) is 0 Å². The van der Waals surface area contributed by atoms with Crippen LogP contribution in [0.25, 0.3) is 0 Å². The van der Waals surface area contributed by atoms with Gasteiger partial charge in [0.25, 0.3) is 0 Å². The molecule has 6 heteroatoms. The number of alkyl halides is 3. The number of nitrogen functional groups attached to an aromatic ring is 1. The molecule has 0 saturated heterocycles. The number of carbonyl (C=O) groups excluding carboxylic acids is 1. The number of hydrogen-bond donors (Lipinski definition) is 1. The van der Waals surface area contributed by atoms with Crippen LogP contribution < -0.4 is 5.73 Å². The molecular weight excluding hydrogens is 247 g/mol. The Morgan fingerprint density at radius 1 is 1.39 bits per heavy atom. The van der Waals surface area contributed by atoms with Crippen LogP contribution in [0.15, 0.2) is 18.2 Å². The van der Waals surface area contributed by atoms with Gasteiger partial charge in [0.1, 0.15) is 0 Å². The number of carbonyl (C=O) groups is 1. The maximum atomic E-state index is 12.5. The van der Waals surface area contributed by atoms with Gasteiger partial charge in [0.15, 0.2) is 0 Å². The van der Waals surface area contributed by atoms with Crippen LogP contribution in [0.2, 0.25) is 0 Å². The van der Waals surface area contributed by atoms with Gasteiger partial charge in [-0.1, -0.05) is 6.07 Å². The third-order valence-electron chi connectivity index (χ3n) is 3.22. The SMILES string of the molecule is COC(=O)C1(c2ccc(C(F)(F)F)cc2N)CC1. The van der Waals surface area contributed by atoms with Gasteiger partial charge in [0, 0.05) is 5.69 Å². The molecule has 2 rings (SSSR count). The molecule has 0 aromatic heterocycles. The second-order valence-corrected chi connectivity index (χ2v) is 4.37. The normalized spacial score (nSPS) is 17.3. The first-order valence-corrected chi connectivity index (χ1v) is 5.37. The van der Waals surface area contributed by atoms with E-state index in [2.05, 4.69) is 4.74 Å². The molecule has 1 aromatic carbocycles. The van der Waals surface area contributed by atoms with E-state index in [1.165, 1.54) is 13.2 Å². The van der Waals surface area contributed by atoms with E-state index in [1.807, 2.05) is 0 Å². The van der Waals surface area contributed by atoms with Crippen LogP contribution in [0.3, 0.4) is 0 Å². The van der Waals surface area contributed by atoms with Crippen LogP contribution in [0.1, 0.15) is 24.0 Å². The van der Waals surface area contributed by atoms with Crippen LogP contribution in [-0.4, -0.2) is 13.1 Å². The molecule has 0 aliphatic heterocycles. The molecule has 0 radical (unpaired) electrons. The van der Waals surface area contributed by atoms with Gasteiger partial charge >= 0.3 is 12.1 Å². The van der Waals surface area contributed by atoms with Crippen molar-refractivity contribution in [2.75, 3.05) is 12.8 Å². The monoisotopic (exact) mass is 259 g/mol. The van der Waals surface area contributed by atoms with E-state index < -0.39 is 23.1 Å². The molecule has 0 amide bonds. The molecule has 1 saturated carbocycles. The highest BCUT2D eigenvalue weighted by molar-refractivity contribution is 5.88. The van der Waals surface area contributed by atoms with Gasteiger partial charge in [-0.2, -0.15) is 13.2 Å². The number of hydrogen-bond acceptors (Lipinski definition) is 3. The van der Waals surface area contributed by atoms with Crippen molar-refractivity contribution in [2.45, 2.75) is 24.4 Å². The predicted molar refractivity (Wildman–Crippen MR) is 58.8 cm³/mol. The summed E-state index contributed by atoms with van der Waals surface area (Å²) in [5, 5.41) is 0. The molecule has 2 N–H and O–H groups in total. The molecule has 1 aliphatic carbocycles. The largest absolute Gasteiger partial charge is 0.468 e. The Balaban J connectivity index is 2.40. The minimum absolute atomic E-state index is 0.0206. The molecule has 98 valence electrons. The highest BCUT2D eigenvalue weighted by Crippen LogP contribution is 2.51. The highest BCUT2D eigenvalue weighted by Gasteiger charge is 2.53. The van der Waals surface area contributed by atoms with E-state index in [0.717, 1.165) is 12.1 Å². The maximum Gasteiger partial charge on any atom is 0.416 e. The molecule has 3 nitrogen and oxygen atoms in total. The highest BCUT2D eigenvalue weighted by atomic mass is 19.4. The summed E-state index contributed by atoms with van der Waals surface area (Å²) in [7, 11) is 1.25. The van der Waals surface area contributed by atoms with Gasteiger partial charge in [-0.3, -0.25) is 4.79 Å². The number of methoxy groups -OCH3 is 1. The van der Waals surface area contributed by atoms with Gasteiger partial charge in [-0.05, 0) is 30.5 Å². The van der Waals surface area contributed by atoms with Gasteiger partial charge in [-0.15, -0.1) is 0 Å². The number of halogens is 3. The molecular formula is C12H12F3NO2. The molecule has 18 heavy (non-hydrogen) atoms. The molecule has 1 fully saturated rings. The summed E-state index contributed by atoms with van der Waals surface area (Å²) >= 11 is 0. The number of anilines is 1. The first-order chi connectivity index (χ1) is 8.31.